The quantitative estimate of drug-likeness (QED) is 0.747. The van der Waals surface area contributed by atoms with E-state index in [-0.39, 0.29) is 36.8 Å². The van der Waals surface area contributed by atoms with Crippen LogP contribution in [0.4, 0.5) is 5.69 Å². The van der Waals surface area contributed by atoms with Gasteiger partial charge in [0.25, 0.3) is 0 Å². The van der Waals surface area contributed by atoms with Crippen molar-refractivity contribution in [1.29, 1.82) is 0 Å². The van der Waals surface area contributed by atoms with Gasteiger partial charge < -0.3 is 20.8 Å². The molecule has 1 aromatic heterocycles. The van der Waals surface area contributed by atoms with Crippen LogP contribution < -0.4 is 11.1 Å². The lowest BCUT2D eigenvalue weighted by atomic mass is 10.1. The molecule has 1 fully saturated rings. The van der Waals surface area contributed by atoms with Crippen LogP contribution in [-0.4, -0.2) is 28.5 Å². The predicted molar refractivity (Wildman–Crippen MR) is 100 cm³/mol. The van der Waals surface area contributed by atoms with Gasteiger partial charge in [0.15, 0.2) is 0 Å². The van der Waals surface area contributed by atoms with Gasteiger partial charge in [-0.25, -0.2) is 4.98 Å². The lowest BCUT2D eigenvalue weighted by Crippen LogP contribution is -2.35. The number of rotatable bonds is 5. The van der Waals surface area contributed by atoms with Crippen molar-refractivity contribution < 1.29 is 9.53 Å². The van der Waals surface area contributed by atoms with Crippen LogP contribution in [0.2, 0.25) is 0 Å². The molecule has 2 unspecified atom stereocenters. The maximum atomic E-state index is 12.0. The van der Waals surface area contributed by atoms with Gasteiger partial charge in [-0.3, -0.25) is 4.79 Å². The van der Waals surface area contributed by atoms with Crippen LogP contribution in [0.1, 0.15) is 44.5 Å². The number of halogens is 2. The number of aromatic amines is 1. The highest BCUT2D eigenvalue weighted by Crippen LogP contribution is 2.28. The summed E-state index contributed by atoms with van der Waals surface area (Å²) in [5.74, 6) is 0.707. The van der Waals surface area contributed by atoms with Gasteiger partial charge in [-0.1, -0.05) is 13.3 Å². The van der Waals surface area contributed by atoms with Crippen LogP contribution >= 0.6 is 24.8 Å². The number of ether oxygens (including phenoxy) is 1. The fourth-order valence-corrected chi connectivity index (χ4v) is 2.73. The summed E-state index contributed by atoms with van der Waals surface area (Å²) in [7, 11) is 0. The number of hydrogen-bond acceptors (Lipinski definition) is 4. The summed E-state index contributed by atoms with van der Waals surface area (Å²) in [4.78, 5) is 19.8. The fourth-order valence-electron chi connectivity index (χ4n) is 2.73. The molecule has 0 saturated carbocycles. The monoisotopic (exact) mass is 374 g/mol. The van der Waals surface area contributed by atoms with Crippen LogP contribution in [0.3, 0.4) is 0 Å². The van der Waals surface area contributed by atoms with Crippen molar-refractivity contribution in [2.24, 2.45) is 5.73 Å². The second kappa shape index (κ2) is 9.22. The first-order valence-electron chi connectivity index (χ1n) is 7.85. The maximum absolute atomic E-state index is 12.0. The Bertz CT molecular complexity index is 671. The number of anilines is 1. The minimum absolute atomic E-state index is 0. The van der Waals surface area contributed by atoms with Gasteiger partial charge in [-0.15, -0.1) is 24.8 Å². The van der Waals surface area contributed by atoms with E-state index in [9.17, 15) is 4.79 Å². The Hall–Kier alpha value is -1.34. The van der Waals surface area contributed by atoms with E-state index < -0.39 is 6.04 Å². The number of benzene rings is 1. The van der Waals surface area contributed by atoms with E-state index in [1.165, 1.54) is 0 Å². The number of imidazole rings is 1. The summed E-state index contributed by atoms with van der Waals surface area (Å²) < 4.78 is 5.64. The Morgan fingerprint density at radius 3 is 2.96 bits per heavy atom. The summed E-state index contributed by atoms with van der Waals surface area (Å²) in [6, 6.07) is 5.16. The summed E-state index contributed by atoms with van der Waals surface area (Å²) in [6.07, 6.45) is 3.69. The second-order valence-corrected chi connectivity index (χ2v) is 5.74. The molecule has 3 rings (SSSR count). The topological polar surface area (TPSA) is 93.0 Å². The highest BCUT2D eigenvalue weighted by Gasteiger charge is 2.21. The van der Waals surface area contributed by atoms with Gasteiger partial charge in [0, 0.05) is 12.3 Å². The minimum atomic E-state index is -0.468. The number of hydrogen-bond donors (Lipinski definition) is 3. The molecule has 0 spiro atoms. The largest absolute Gasteiger partial charge is 0.370 e. The van der Waals surface area contributed by atoms with Crippen LogP contribution in [-0.2, 0) is 9.53 Å². The van der Waals surface area contributed by atoms with E-state index in [1.54, 1.807) is 0 Å². The Morgan fingerprint density at radius 2 is 2.29 bits per heavy atom. The summed E-state index contributed by atoms with van der Waals surface area (Å²) in [5.41, 5.74) is 8.33. The SMILES string of the molecule is CCCC(N)C(=O)Nc1ccc2nc(C3CCCO3)[nH]c2c1.Cl.Cl. The second-order valence-electron chi connectivity index (χ2n) is 5.74. The van der Waals surface area contributed by atoms with Crippen LogP contribution in [0.25, 0.3) is 11.0 Å². The molecule has 6 nitrogen and oxygen atoms in total. The number of aromatic nitrogens is 2. The zero-order chi connectivity index (χ0) is 15.5. The molecular formula is C16H24Cl2N4O2. The van der Waals surface area contributed by atoms with E-state index in [2.05, 4.69) is 15.3 Å². The smallest absolute Gasteiger partial charge is 0.241 e. The van der Waals surface area contributed by atoms with Gasteiger partial charge >= 0.3 is 0 Å². The molecular weight excluding hydrogens is 351 g/mol. The normalized spacial score (nSPS) is 17.8. The third kappa shape index (κ3) is 4.60. The van der Waals surface area contributed by atoms with Gasteiger partial charge in [0.1, 0.15) is 11.9 Å². The standard InChI is InChI=1S/C16H22N4O2.2ClH/c1-2-4-11(17)16(21)18-10-6-7-12-13(9-10)20-15(19-12)14-5-3-8-22-14;;/h6-7,9,11,14H,2-5,8,17H2,1H3,(H,18,21)(H,19,20);2*1H. The first-order valence-corrected chi connectivity index (χ1v) is 7.85. The maximum Gasteiger partial charge on any atom is 0.241 e. The zero-order valence-corrected chi connectivity index (χ0v) is 15.2. The van der Waals surface area contributed by atoms with E-state index in [0.717, 1.165) is 48.4 Å². The van der Waals surface area contributed by atoms with E-state index in [4.69, 9.17) is 10.5 Å². The molecule has 1 amide bonds. The van der Waals surface area contributed by atoms with Crippen molar-refractivity contribution in [3.05, 3.63) is 24.0 Å². The third-order valence-corrected chi connectivity index (χ3v) is 3.94. The highest BCUT2D eigenvalue weighted by molar-refractivity contribution is 5.96. The lowest BCUT2D eigenvalue weighted by Gasteiger charge is -2.11. The van der Waals surface area contributed by atoms with Crippen molar-refractivity contribution in [3.8, 4) is 0 Å². The number of carbonyl (C=O) groups excluding carboxylic acids is 1. The van der Waals surface area contributed by atoms with Gasteiger partial charge in [-0.2, -0.15) is 0 Å². The molecule has 0 bridgehead atoms. The third-order valence-electron chi connectivity index (χ3n) is 3.94. The van der Waals surface area contributed by atoms with Crippen LogP contribution in [0, 0.1) is 0 Å². The number of carbonyl (C=O) groups is 1. The molecule has 2 aromatic rings. The van der Waals surface area contributed by atoms with Gasteiger partial charge in [0.2, 0.25) is 5.91 Å². The average Bonchev–Trinajstić information content (AvgIpc) is 3.15. The van der Waals surface area contributed by atoms with Crippen LogP contribution in [0.15, 0.2) is 18.2 Å². The molecule has 24 heavy (non-hydrogen) atoms. The molecule has 1 saturated heterocycles. The molecule has 2 atom stereocenters. The molecule has 2 heterocycles. The number of H-pyrrole nitrogens is 1. The molecule has 1 aromatic carbocycles. The van der Waals surface area contributed by atoms with E-state index >= 15 is 0 Å². The molecule has 0 aliphatic carbocycles. The minimum Gasteiger partial charge on any atom is -0.370 e. The fraction of sp³-hybridized carbons (Fsp3) is 0.500. The number of amides is 1. The summed E-state index contributed by atoms with van der Waals surface area (Å²) in [6.45, 7) is 2.80. The van der Waals surface area contributed by atoms with Gasteiger partial charge in [-0.05, 0) is 37.5 Å². The predicted octanol–water partition coefficient (Wildman–Crippen LogP) is 3.32. The zero-order valence-electron chi connectivity index (χ0n) is 13.6. The molecule has 0 radical (unpaired) electrons. The molecule has 4 N–H and O–H groups in total. The first kappa shape index (κ1) is 20.7. The van der Waals surface area contributed by atoms with Crippen molar-refractivity contribution in [1.82, 2.24) is 9.97 Å². The number of nitrogens with one attached hydrogen (secondary N) is 2. The molecule has 1 aliphatic heterocycles. The van der Waals surface area contributed by atoms with E-state index in [1.807, 2.05) is 25.1 Å². The Balaban J connectivity index is 0.00000144. The number of nitrogens with zero attached hydrogens (tertiary/aromatic N) is 1. The molecule has 134 valence electrons. The van der Waals surface area contributed by atoms with Crippen molar-refractivity contribution in [3.63, 3.8) is 0 Å². The van der Waals surface area contributed by atoms with Gasteiger partial charge in [0.05, 0.1) is 17.1 Å². The average molecular weight is 375 g/mol. The molecule has 1 aliphatic rings. The van der Waals surface area contributed by atoms with Crippen molar-refractivity contribution >= 4 is 47.4 Å². The van der Waals surface area contributed by atoms with Crippen LogP contribution in [0.5, 0.6) is 0 Å². The summed E-state index contributed by atoms with van der Waals surface area (Å²) >= 11 is 0. The Labute approximate surface area is 153 Å². The number of nitrogens with two attached hydrogens (primary N) is 1. The van der Waals surface area contributed by atoms with E-state index in [0.29, 0.717) is 6.42 Å². The number of fused-ring (bicyclic) bond motifs is 1. The lowest BCUT2D eigenvalue weighted by molar-refractivity contribution is -0.117. The highest BCUT2D eigenvalue weighted by atomic mass is 35.5. The van der Waals surface area contributed by atoms with Crippen molar-refractivity contribution in [2.45, 2.75) is 44.8 Å². The Morgan fingerprint density at radius 1 is 1.50 bits per heavy atom. The van der Waals surface area contributed by atoms with Crippen molar-refractivity contribution in [2.75, 3.05) is 11.9 Å². The summed E-state index contributed by atoms with van der Waals surface area (Å²) in [5, 5.41) is 2.85. The Kier molecular flexibility index (Phi) is 7.96. The first-order chi connectivity index (χ1) is 10.7. The molecule has 8 heteroatoms.